The lowest BCUT2D eigenvalue weighted by Crippen LogP contribution is -2.08. The van der Waals surface area contributed by atoms with Crippen LogP contribution in [0.1, 0.15) is 66.7 Å². The molecule has 0 fully saturated rings. The van der Waals surface area contributed by atoms with Crippen molar-refractivity contribution in [1.29, 1.82) is 0 Å². The summed E-state index contributed by atoms with van der Waals surface area (Å²) in [6, 6.07) is 0. The van der Waals surface area contributed by atoms with Gasteiger partial charge in [0.25, 0.3) is 0 Å². The molecule has 0 aliphatic heterocycles. The highest BCUT2D eigenvalue weighted by molar-refractivity contribution is 5.81. The van der Waals surface area contributed by atoms with Gasteiger partial charge < -0.3 is 33.2 Å². The molecule has 214 valence electrons. The third kappa shape index (κ3) is 60.0. The van der Waals surface area contributed by atoms with E-state index in [4.69, 9.17) is 33.2 Å². The lowest BCUT2D eigenvalue weighted by molar-refractivity contribution is -0.122. The first-order valence-corrected chi connectivity index (χ1v) is 12.8. The monoisotopic (exact) mass is 510 g/mol. The number of allylic oxidation sites excluding steroid dienone is 1. The SMILES string of the molecule is C=C(C)CC(=O)COCCC.CCCOC.CCCOCCOC.CCCOCCOCCOC. The second-order valence-corrected chi connectivity index (χ2v) is 7.54. The predicted molar refractivity (Wildman–Crippen MR) is 145 cm³/mol. The van der Waals surface area contributed by atoms with Crippen LogP contribution in [0.3, 0.4) is 0 Å². The minimum Gasteiger partial charge on any atom is -0.385 e. The van der Waals surface area contributed by atoms with E-state index in [1.165, 1.54) is 0 Å². The molecule has 0 atom stereocenters. The quantitative estimate of drug-likeness (QED) is 0.155. The summed E-state index contributed by atoms with van der Waals surface area (Å²) in [5, 5.41) is 0. The molecule has 0 N–H and O–H groups in total. The highest BCUT2D eigenvalue weighted by Crippen LogP contribution is 1.96. The van der Waals surface area contributed by atoms with Gasteiger partial charge in [-0.2, -0.15) is 0 Å². The molecule has 0 rings (SSSR count). The topological polar surface area (TPSA) is 81.7 Å². The smallest absolute Gasteiger partial charge is 0.162 e. The third-order valence-corrected chi connectivity index (χ3v) is 3.45. The van der Waals surface area contributed by atoms with E-state index in [0.29, 0.717) is 46.1 Å². The maximum atomic E-state index is 10.9. The summed E-state index contributed by atoms with van der Waals surface area (Å²) in [6.07, 6.45) is 4.68. The molecule has 0 heterocycles. The van der Waals surface area contributed by atoms with Crippen molar-refractivity contribution >= 4 is 5.78 Å². The van der Waals surface area contributed by atoms with Crippen LogP contribution in [0.2, 0.25) is 0 Å². The fourth-order valence-electron chi connectivity index (χ4n) is 1.92. The van der Waals surface area contributed by atoms with Gasteiger partial charge in [0, 0.05) is 54.2 Å². The van der Waals surface area contributed by atoms with Crippen LogP contribution in [-0.4, -0.2) is 99.8 Å². The number of hydrogen-bond acceptors (Lipinski definition) is 8. The zero-order valence-corrected chi connectivity index (χ0v) is 24.3. The van der Waals surface area contributed by atoms with Crippen LogP contribution in [-0.2, 0) is 38.0 Å². The van der Waals surface area contributed by atoms with Gasteiger partial charge in [-0.25, -0.2) is 0 Å². The van der Waals surface area contributed by atoms with Crippen LogP contribution in [0.5, 0.6) is 0 Å². The van der Waals surface area contributed by atoms with Crippen LogP contribution in [0.25, 0.3) is 0 Å². The average Bonchev–Trinajstić information content (AvgIpc) is 2.83. The van der Waals surface area contributed by atoms with E-state index in [0.717, 1.165) is 57.7 Å². The maximum absolute atomic E-state index is 10.9. The van der Waals surface area contributed by atoms with Crippen LogP contribution < -0.4 is 0 Å². The zero-order valence-electron chi connectivity index (χ0n) is 24.3. The molecule has 0 aromatic carbocycles. The van der Waals surface area contributed by atoms with Gasteiger partial charge in [-0.05, 0) is 32.6 Å². The Bertz CT molecular complexity index is 362. The number of ketones is 1. The molecule has 0 spiro atoms. The fourth-order valence-corrected chi connectivity index (χ4v) is 1.92. The second-order valence-electron chi connectivity index (χ2n) is 7.54. The van der Waals surface area contributed by atoms with Crippen molar-refractivity contribution in [2.75, 3.05) is 94.0 Å². The molecule has 0 unspecified atom stereocenters. The van der Waals surface area contributed by atoms with Crippen LogP contribution in [0.15, 0.2) is 12.2 Å². The van der Waals surface area contributed by atoms with Gasteiger partial charge >= 0.3 is 0 Å². The average molecular weight is 511 g/mol. The minimum absolute atomic E-state index is 0.117. The molecule has 0 saturated carbocycles. The second kappa shape index (κ2) is 43.2. The van der Waals surface area contributed by atoms with Crippen molar-refractivity contribution < 1.29 is 38.0 Å². The van der Waals surface area contributed by atoms with E-state index < -0.39 is 0 Å². The molecule has 0 amide bonds. The summed E-state index contributed by atoms with van der Waals surface area (Å²) in [5.41, 5.74) is 0.898. The lowest BCUT2D eigenvalue weighted by Gasteiger charge is -2.03. The van der Waals surface area contributed by atoms with Crippen molar-refractivity contribution in [3.63, 3.8) is 0 Å². The third-order valence-electron chi connectivity index (χ3n) is 3.45. The molecule has 0 saturated heterocycles. The summed E-state index contributed by atoms with van der Waals surface area (Å²) in [7, 11) is 5.05. The van der Waals surface area contributed by atoms with E-state index in [1.54, 1.807) is 21.3 Å². The van der Waals surface area contributed by atoms with Gasteiger partial charge in [0.05, 0.1) is 39.6 Å². The van der Waals surface area contributed by atoms with Gasteiger partial charge in [0.2, 0.25) is 0 Å². The van der Waals surface area contributed by atoms with Crippen molar-refractivity contribution in [2.24, 2.45) is 0 Å². The summed E-state index contributed by atoms with van der Waals surface area (Å²) >= 11 is 0. The molecule has 0 aliphatic carbocycles. The standard InChI is InChI=1S/C9H16O2.C8H18O3.C6H14O2.C4H10O/c1-4-5-11-7-9(10)6-8(2)3;1-3-4-10-7-8-11-6-5-9-2;1-3-4-8-6-5-7-2;1-3-4-5-2/h2,4-7H2,1,3H3;3-8H2,1-2H3;3-6H2,1-2H3;3-4H2,1-2H3. The van der Waals surface area contributed by atoms with Crippen LogP contribution >= 0.6 is 0 Å². The number of carbonyl (C=O) groups excluding carboxylic acids is 1. The normalized spacial score (nSPS) is 9.71. The summed E-state index contributed by atoms with van der Waals surface area (Å²) in [5.74, 6) is 0.117. The Kier molecular flexibility index (Phi) is 51.0. The zero-order chi connectivity index (χ0) is 27.4. The molecular formula is C27H58O8. The molecule has 0 radical (unpaired) electrons. The number of rotatable bonds is 21. The van der Waals surface area contributed by atoms with Gasteiger partial charge in [-0.15, -0.1) is 0 Å². The molecule has 0 aromatic heterocycles. The first-order chi connectivity index (χ1) is 16.9. The molecule has 35 heavy (non-hydrogen) atoms. The Morgan fingerprint density at radius 1 is 0.543 bits per heavy atom. The number of Topliss-reactive ketones (excluding diaryl/α,β-unsaturated/α-hetero) is 1. The Labute approximate surface area is 217 Å². The van der Waals surface area contributed by atoms with Crippen molar-refractivity contribution in [2.45, 2.75) is 66.7 Å². The van der Waals surface area contributed by atoms with Gasteiger partial charge in [0.1, 0.15) is 6.61 Å². The lowest BCUT2D eigenvalue weighted by atomic mass is 10.2. The van der Waals surface area contributed by atoms with Crippen molar-refractivity contribution in [1.82, 2.24) is 0 Å². The molecule has 0 bridgehead atoms. The largest absolute Gasteiger partial charge is 0.385 e. The summed E-state index contributed by atoms with van der Waals surface area (Å²) < 4.78 is 34.8. The predicted octanol–water partition coefficient (Wildman–Crippen LogP) is 5.13. The first-order valence-electron chi connectivity index (χ1n) is 12.8. The van der Waals surface area contributed by atoms with E-state index in [-0.39, 0.29) is 12.4 Å². The maximum Gasteiger partial charge on any atom is 0.162 e. The Morgan fingerprint density at radius 2 is 0.886 bits per heavy atom. The molecule has 8 heteroatoms. The highest BCUT2D eigenvalue weighted by Gasteiger charge is 2.00. The molecular weight excluding hydrogens is 452 g/mol. The fraction of sp³-hybridized carbons (Fsp3) is 0.889. The van der Waals surface area contributed by atoms with Crippen molar-refractivity contribution in [3.8, 4) is 0 Å². The summed E-state index contributed by atoms with van der Waals surface area (Å²) in [4.78, 5) is 10.9. The Balaban J connectivity index is -0.000000190. The number of carbonyl (C=O) groups is 1. The Morgan fingerprint density at radius 3 is 1.20 bits per heavy atom. The van der Waals surface area contributed by atoms with E-state index in [2.05, 4.69) is 27.4 Å². The van der Waals surface area contributed by atoms with E-state index in [1.807, 2.05) is 13.8 Å². The minimum atomic E-state index is 0.117. The van der Waals surface area contributed by atoms with Gasteiger partial charge in [0.15, 0.2) is 5.78 Å². The molecule has 0 aromatic rings. The van der Waals surface area contributed by atoms with E-state index in [9.17, 15) is 4.79 Å². The van der Waals surface area contributed by atoms with Crippen LogP contribution in [0.4, 0.5) is 0 Å². The molecule has 8 nitrogen and oxygen atoms in total. The summed E-state index contributed by atoms with van der Waals surface area (Å²) in [6.45, 7) is 21.4. The van der Waals surface area contributed by atoms with Gasteiger partial charge in [-0.3, -0.25) is 4.79 Å². The Hall–Kier alpha value is -0.870. The van der Waals surface area contributed by atoms with Crippen molar-refractivity contribution in [3.05, 3.63) is 12.2 Å². The number of hydrogen-bond donors (Lipinski definition) is 0. The highest BCUT2D eigenvalue weighted by atomic mass is 16.5. The van der Waals surface area contributed by atoms with Crippen LogP contribution in [0, 0.1) is 0 Å². The van der Waals surface area contributed by atoms with E-state index >= 15 is 0 Å². The first kappa shape index (κ1) is 41.3. The van der Waals surface area contributed by atoms with Gasteiger partial charge in [-0.1, -0.05) is 39.8 Å². The number of methoxy groups -OCH3 is 3. The number of ether oxygens (including phenoxy) is 7. The molecule has 0 aliphatic rings.